The maximum Gasteiger partial charge on any atom is 0.324 e. The SMILES string of the molecule is COC(=O)C(C(=O)OC)c1ccc(Oc2ccc(C3CC3)cc2)cc1. The van der Waals surface area contributed by atoms with Crippen LogP contribution in [0.15, 0.2) is 48.5 Å². The molecule has 0 amide bonds. The molecular weight excluding hydrogens is 320 g/mol. The van der Waals surface area contributed by atoms with Crippen LogP contribution in [0.2, 0.25) is 0 Å². The van der Waals surface area contributed by atoms with E-state index in [9.17, 15) is 9.59 Å². The van der Waals surface area contributed by atoms with Crippen LogP contribution in [0, 0.1) is 0 Å². The van der Waals surface area contributed by atoms with Gasteiger partial charge in [-0.15, -0.1) is 0 Å². The average molecular weight is 340 g/mol. The van der Waals surface area contributed by atoms with Gasteiger partial charge in [0.2, 0.25) is 0 Å². The summed E-state index contributed by atoms with van der Waals surface area (Å²) in [6.45, 7) is 0. The van der Waals surface area contributed by atoms with E-state index in [0.29, 0.717) is 17.2 Å². The topological polar surface area (TPSA) is 61.8 Å². The van der Waals surface area contributed by atoms with E-state index in [1.165, 1.54) is 32.6 Å². The molecule has 1 saturated carbocycles. The molecule has 2 aromatic carbocycles. The first kappa shape index (κ1) is 17.0. The summed E-state index contributed by atoms with van der Waals surface area (Å²) in [5, 5.41) is 0. The number of ether oxygens (including phenoxy) is 3. The Balaban J connectivity index is 1.72. The van der Waals surface area contributed by atoms with E-state index in [1.807, 2.05) is 12.1 Å². The van der Waals surface area contributed by atoms with E-state index < -0.39 is 17.9 Å². The van der Waals surface area contributed by atoms with E-state index in [4.69, 9.17) is 4.74 Å². The monoisotopic (exact) mass is 340 g/mol. The molecule has 0 atom stereocenters. The summed E-state index contributed by atoms with van der Waals surface area (Å²) in [5.41, 5.74) is 1.84. The summed E-state index contributed by atoms with van der Waals surface area (Å²) in [5.74, 6) is -0.331. The predicted molar refractivity (Wildman–Crippen MR) is 91.7 cm³/mol. The highest BCUT2D eigenvalue weighted by Gasteiger charge is 2.30. The summed E-state index contributed by atoms with van der Waals surface area (Å²) in [4.78, 5) is 23.7. The number of esters is 2. The van der Waals surface area contributed by atoms with Gasteiger partial charge in [0, 0.05) is 0 Å². The first-order chi connectivity index (χ1) is 12.1. The summed E-state index contributed by atoms with van der Waals surface area (Å²) in [7, 11) is 2.47. The van der Waals surface area contributed by atoms with Crippen LogP contribution in [-0.2, 0) is 19.1 Å². The lowest BCUT2D eigenvalue weighted by molar-refractivity contribution is -0.154. The second-order valence-corrected chi connectivity index (χ2v) is 5.99. The van der Waals surface area contributed by atoms with E-state index in [0.717, 1.165) is 5.75 Å². The predicted octanol–water partition coefficient (Wildman–Crippen LogP) is 3.79. The van der Waals surface area contributed by atoms with E-state index in [2.05, 4.69) is 21.6 Å². The highest BCUT2D eigenvalue weighted by atomic mass is 16.5. The molecule has 0 aromatic heterocycles. The number of hydrogen-bond acceptors (Lipinski definition) is 5. The molecule has 1 aliphatic carbocycles. The van der Waals surface area contributed by atoms with Crippen molar-refractivity contribution < 1.29 is 23.8 Å². The minimum Gasteiger partial charge on any atom is -0.468 e. The third kappa shape index (κ3) is 3.99. The lowest BCUT2D eigenvalue weighted by Crippen LogP contribution is -2.24. The van der Waals surface area contributed by atoms with E-state index >= 15 is 0 Å². The van der Waals surface area contributed by atoms with Gasteiger partial charge in [-0.2, -0.15) is 0 Å². The summed E-state index contributed by atoms with van der Waals surface area (Å²) in [6.07, 6.45) is 2.53. The molecule has 0 heterocycles. The Bertz CT molecular complexity index is 729. The Morgan fingerprint density at radius 1 is 0.840 bits per heavy atom. The van der Waals surface area contributed by atoms with Crippen molar-refractivity contribution >= 4 is 11.9 Å². The maximum absolute atomic E-state index is 11.8. The molecule has 0 unspecified atom stereocenters. The van der Waals surface area contributed by atoms with Crippen molar-refractivity contribution in [1.29, 1.82) is 0 Å². The Morgan fingerprint density at radius 3 is 1.76 bits per heavy atom. The molecular formula is C20H20O5. The van der Waals surface area contributed by atoms with E-state index in [1.54, 1.807) is 24.3 Å². The number of benzene rings is 2. The standard InChI is InChI=1S/C20H20O5/c1-23-19(21)18(20(22)24-2)15-7-11-17(12-8-15)25-16-9-5-14(6-10-16)13-3-4-13/h5-13,18H,3-4H2,1-2H3. The fraction of sp³-hybridized carbons (Fsp3) is 0.300. The zero-order valence-electron chi connectivity index (χ0n) is 14.2. The molecule has 25 heavy (non-hydrogen) atoms. The third-order valence-corrected chi connectivity index (χ3v) is 4.25. The van der Waals surface area contributed by atoms with Crippen molar-refractivity contribution in [3.63, 3.8) is 0 Å². The van der Waals surface area contributed by atoms with Gasteiger partial charge in [-0.1, -0.05) is 24.3 Å². The number of carbonyl (C=O) groups is 2. The molecule has 130 valence electrons. The summed E-state index contributed by atoms with van der Waals surface area (Å²) >= 11 is 0. The van der Waals surface area contributed by atoms with Gasteiger partial charge in [0.05, 0.1) is 14.2 Å². The van der Waals surface area contributed by atoms with Crippen LogP contribution in [0.25, 0.3) is 0 Å². The molecule has 1 fully saturated rings. The zero-order chi connectivity index (χ0) is 17.8. The Kier molecular flexibility index (Phi) is 5.03. The van der Waals surface area contributed by atoms with Gasteiger partial charge in [0.25, 0.3) is 0 Å². The van der Waals surface area contributed by atoms with Crippen LogP contribution in [0.3, 0.4) is 0 Å². The second-order valence-electron chi connectivity index (χ2n) is 5.99. The summed E-state index contributed by atoms with van der Waals surface area (Å²) in [6, 6.07) is 14.8. The Hall–Kier alpha value is -2.82. The molecule has 2 aromatic rings. The second kappa shape index (κ2) is 7.38. The van der Waals surface area contributed by atoms with Crippen LogP contribution >= 0.6 is 0 Å². The fourth-order valence-electron chi connectivity index (χ4n) is 2.69. The molecule has 0 saturated heterocycles. The molecule has 5 nitrogen and oxygen atoms in total. The number of hydrogen-bond donors (Lipinski definition) is 0. The molecule has 0 spiro atoms. The van der Waals surface area contributed by atoms with Crippen LogP contribution in [-0.4, -0.2) is 26.2 Å². The molecule has 0 bridgehead atoms. The highest BCUT2D eigenvalue weighted by Crippen LogP contribution is 2.40. The van der Waals surface area contributed by atoms with Crippen molar-refractivity contribution in [2.75, 3.05) is 14.2 Å². The van der Waals surface area contributed by atoms with Gasteiger partial charge in [-0.3, -0.25) is 9.59 Å². The largest absolute Gasteiger partial charge is 0.468 e. The molecule has 5 heteroatoms. The minimum atomic E-state index is -1.10. The minimum absolute atomic E-state index is 0.495. The van der Waals surface area contributed by atoms with Gasteiger partial charge in [0.15, 0.2) is 5.92 Å². The molecule has 3 rings (SSSR count). The third-order valence-electron chi connectivity index (χ3n) is 4.25. The fourth-order valence-corrected chi connectivity index (χ4v) is 2.69. The van der Waals surface area contributed by atoms with Crippen LogP contribution < -0.4 is 4.74 Å². The van der Waals surface area contributed by atoms with Gasteiger partial charge in [-0.05, 0) is 54.2 Å². The van der Waals surface area contributed by atoms with Crippen molar-refractivity contribution in [2.24, 2.45) is 0 Å². The summed E-state index contributed by atoms with van der Waals surface area (Å²) < 4.78 is 15.2. The van der Waals surface area contributed by atoms with Gasteiger partial charge in [-0.25, -0.2) is 0 Å². The van der Waals surface area contributed by atoms with Crippen LogP contribution in [0.5, 0.6) is 11.5 Å². The first-order valence-electron chi connectivity index (χ1n) is 8.16. The zero-order valence-corrected chi connectivity index (χ0v) is 14.2. The lowest BCUT2D eigenvalue weighted by atomic mass is 9.99. The van der Waals surface area contributed by atoms with Crippen molar-refractivity contribution in [2.45, 2.75) is 24.7 Å². The normalized spacial score (nSPS) is 13.4. The van der Waals surface area contributed by atoms with Gasteiger partial charge >= 0.3 is 11.9 Å². The maximum atomic E-state index is 11.8. The average Bonchev–Trinajstić information content (AvgIpc) is 3.48. The quantitative estimate of drug-likeness (QED) is 0.591. The smallest absolute Gasteiger partial charge is 0.324 e. The first-order valence-corrected chi connectivity index (χ1v) is 8.16. The Labute approximate surface area is 146 Å². The molecule has 0 radical (unpaired) electrons. The molecule has 0 aliphatic heterocycles. The van der Waals surface area contributed by atoms with Crippen LogP contribution in [0.4, 0.5) is 0 Å². The van der Waals surface area contributed by atoms with Crippen molar-refractivity contribution in [3.05, 3.63) is 59.7 Å². The number of methoxy groups -OCH3 is 2. The van der Waals surface area contributed by atoms with Gasteiger partial charge in [0.1, 0.15) is 11.5 Å². The van der Waals surface area contributed by atoms with Crippen molar-refractivity contribution in [3.8, 4) is 11.5 Å². The number of rotatable bonds is 6. The molecule has 0 N–H and O–H groups in total. The van der Waals surface area contributed by atoms with Crippen molar-refractivity contribution in [1.82, 2.24) is 0 Å². The van der Waals surface area contributed by atoms with E-state index in [-0.39, 0.29) is 0 Å². The lowest BCUT2D eigenvalue weighted by Gasteiger charge is -2.13. The molecule has 1 aliphatic rings. The highest BCUT2D eigenvalue weighted by molar-refractivity contribution is 6.00. The number of carbonyl (C=O) groups excluding carboxylic acids is 2. The van der Waals surface area contributed by atoms with Gasteiger partial charge < -0.3 is 14.2 Å². The Morgan fingerprint density at radius 2 is 1.32 bits per heavy atom. The van der Waals surface area contributed by atoms with Crippen LogP contribution in [0.1, 0.15) is 35.8 Å².